The van der Waals surface area contributed by atoms with Crippen molar-refractivity contribution in [2.45, 2.75) is 39.5 Å². The standard InChI is InChI=1S/C27H25Br/c1-16-13-23-17(2)21-11-10-20(28)14-19(21)15-24(23)26(16)27(3,4)25-12-9-18-7-5-6-8-22(18)25/h5-15,25-26H,1-4H3. The van der Waals surface area contributed by atoms with Gasteiger partial charge in [0.25, 0.3) is 0 Å². The highest BCUT2D eigenvalue weighted by atomic mass is 79.9. The molecule has 5 rings (SSSR count). The van der Waals surface area contributed by atoms with Gasteiger partial charge in [-0.2, -0.15) is 0 Å². The van der Waals surface area contributed by atoms with E-state index in [-0.39, 0.29) is 5.41 Å². The minimum absolute atomic E-state index is 0.0983. The Balaban J connectivity index is 1.68. The highest BCUT2D eigenvalue weighted by molar-refractivity contribution is 9.10. The van der Waals surface area contributed by atoms with Crippen LogP contribution in [-0.2, 0) is 0 Å². The van der Waals surface area contributed by atoms with Crippen molar-refractivity contribution in [2.75, 3.05) is 0 Å². The molecule has 0 fully saturated rings. The zero-order valence-electron chi connectivity index (χ0n) is 16.9. The van der Waals surface area contributed by atoms with Gasteiger partial charge in [0.2, 0.25) is 0 Å². The van der Waals surface area contributed by atoms with Gasteiger partial charge in [0.05, 0.1) is 0 Å². The van der Waals surface area contributed by atoms with Crippen molar-refractivity contribution >= 4 is 38.9 Å². The molecule has 0 saturated heterocycles. The second-order valence-electron chi connectivity index (χ2n) is 8.98. The maximum absolute atomic E-state index is 3.65. The molecule has 2 unspecified atom stereocenters. The van der Waals surface area contributed by atoms with Crippen molar-refractivity contribution in [1.29, 1.82) is 0 Å². The summed E-state index contributed by atoms with van der Waals surface area (Å²) in [6.45, 7) is 9.49. The number of allylic oxidation sites excluding steroid dienone is 2. The first kappa shape index (κ1) is 17.9. The number of fused-ring (bicyclic) bond motifs is 3. The van der Waals surface area contributed by atoms with Gasteiger partial charge in [0.1, 0.15) is 0 Å². The second kappa shape index (κ2) is 6.19. The maximum atomic E-state index is 3.65. The summed E-state index contributed by atoms with van der Waals surface area (Å²) < 4.78 is 1.14. The third kappa shape index (κ3) is 2.49. The monoisotopic (exact) mass is 428 g/mol. The normalized spacial score (nSPS) is 20.4. The minimum Gasteiger partial charge on any atom is -0.0758 e. The minimum atomic E-state index is 0.0983. The van der Waals surface area contributed by atoms with Gasteiger partial charge in [-0.25, -0.2) is 0 Å². The highest BCUT2D eigenvalue weighted by Gasteiger charge is 2.43. The zero-order valence-corrected chi connectivity index (χ0v) is 18.5. The summed E-state index contributed by atoms with van der Waals surface area (Å²) in [6.07, 6.45) is 7.16. The Morgan fingerprint density at radius 2 is 1.71 bits per heavy atom. The lowest BCUT2D eigenvalue weighted by Crippen LogP contribution is -2.28. The Morgan fingerprint density at radius 1 is 0.929 bits per heavy atom. The number of hydrogen-bond donors (Lipinski definition) is 0. The molecule has 0 bridgehead atoms. The third-order valence-electron chi connectivity index (χ3n) is 6.93. The van der Waals surface area contributed by atoms with Crippen LogP contribution < -0.4 is 0 Å². The van der Waals surface area contributed by atoms with Crippen LogP contribution in [0.5, 0.6) is 0 Å². The first-order valence-corrected chi connectivity index (χ1v) is 10.9. The molecule has 28 heavy (non-hydrogen) atoms. The smallest absolute Gasteiger partial charge is 0.0181 e. The van der Waals surface area contributed by atoms with E-state index in [9.17, 15) is 0 Å². The van der Waals surface area contributed by atoms with E-state index in [1.165, 1.54) is 44.2 Å². The molecule has 2 aliphatic rings. The van der Waals surface area contributed by atoms with Crippen LogP contribution in [0.2, 0.25) is 0 Å². The fraction of sp³-hybridized carbons (Fsp3) is 0.259. The third-order valence-corrected chi connectivity index (χ3v) is 7.42. The lowest BCUT2D eigenvalue weighted by atomic mass is 9.64. The second-order valence-corrected chi connectivity index (χ2v) is 9.89. The molecule has 3 aromatic rings. The van der Waals surface area contributed by atoms with Crippen molar-refractivity contribution in [3.8, 4) is 0 Å². The van der Waals surface area contributed by atoms with E-state index in [1.54, 1.807) is 0 Å². The summed E-state index contributed by atoms with van der Waals surface area (Å²) in [6, 6.07) is 17.9. The van der Waals surface area contributed by atoms with Gasteiger partial charge in [-0.05, 0) is 76.1 Å². The van der Waals surface area contributed by atoms with Gasteiger partial charge in [0.15, 0.2) is 0 Å². The molecule has 0 amide bonds. The van der Waals surface area contributed by atoms with Crippen molar-refractivity contribution < 1.29 is 0 Å². The average Bonchev–Trinajstić information content (AvgIpc) is 3.23. The molecule has 2 aliphatic carbocycles. The van der Waals surface area contributed by atoms with Crippen molar-refractivity contribution in [2.24, 2.45) is 5.41 Å². The van der Waals surface area contributed by atoms with Gasteiger partial charge < -0.3 is 0 Å². The van der Waals surface area contributed by atoms with Gasteiger partial charge in [-0.1, -0.05) is 83.9 Å². The Morgan fingerprint density at radius 3 is 2.54 bits per heavy atom. The topological polar surface area (TPSA) is 0 Å². The van der Waals surface area contributed by atoms with E-state index >= 15 is 0 Å². The molecule has 140 valence electrons. The van der Waals surface area contributed by atoms with Crippen molar-refractivity contribution in [3.63, 3.8) is 0 Å². The van der Waals surface area contributed by atoms with Crippen LogP contribution in [0.1, 0.15) is 60.4 Å². The van der Waals surface area contributed by atoms with Crippen LogP contribution >= 0.6 is 15.9 Å². The molecule has 0 radical (unpaired) electrons. The Hall–Kier alpha value is -2.12. The molecule has 1 heteroatoms. The summed E-state index contributed by atoms with van der Waals surface area (Å²) in [5.74, 6) is 0.854. The summed E-state index contributed by atoms with van der Waals surface area (Å²) in [5.41, 5.74) is 8.74. The van der Waals surface area contributed by atoms with Crippen LogP contribution in [-0.4, -0.2) is 0 Å². The largest absolute Gasteiger partial charge is 0.0758 e. The summed E-state index contributed by atoms with van der Waals surface area (Å²) in [7, 11) is 0. The number of halogens is 1. The first-order chi connectivity index (χ1) is 13.4. The number of aryl methyl sites for hydroxylation is 1. The Labute approximate surface area is 176 Å². The molecule has 3 aromatic carbocycles. The number of rotatable bonds is 2. The zero-order chi connectivity index (χ0) is 19.6. The highest BCUT2D eigenvalue weighted by Crippen LogP contribution is 2.57. The SMILES string of the molecule is CC1=Cc2c(cc3cc(Br)ccc3c2C)C1C(C)(C)C1C=Cc2ccccc21. The molecule has 0 aliphatic heterocycles. The quantitative estimate of drug-likeness (QED) is 0.385. The van der Waals surface area contributed by atoms with E-state index < -0.39 is 0 Å². The maximum Gasteiger partial charge on any atom is 0.0181 e. The Kier molecular flexibility index (Phi) is 3.97. The fourth-order valence-electron chi connectivity index (χ4n) is 5.65. The van der Waals surface area contributed by atoms with Crippen LogP contribution in [0, 0.1) is 12.3 Å². The van der Waals surface area contributed by atoms with E-state index in [1.807, 2.05) is 0 Å². The molecular weight excluding hydrogens is 404 g/mol. The van der Waals surface area contributed by atoms with Crippen LogP contribution in [0.4, 0.5) is 0 Å². The van der Waals surface area contributed by atoms with E-state index in [4.69, 9.17) is 0 Å². The van der Waals surface area contributed by atoms with E-state index in [0.717, 1.165) is 4.47 Å². The molecule has 0 N–H and O–H groups in total. The number of hydrogen-bond acceptors (Lipinski definition) is 0. The summed E-state index contributed by atoms with van der Waals surface area (Å²) in [5, 5.41) is 2.69. The predicted molar refractivity (Wildman–Crippen MR) is 125 cm³/mol. The molecule has 0 aromatic heterocycles. The van der Waals surface area contributed by atoms with Crippen molar-refractivity contribution in [3.05, 3.63) is 92.5 Å². The van der Waals surface area contributed by atoms with Crippen LogP contribution in [0.25, 0.3) is 22.9 Å². The predicted octanol–water partition coefficient (Wildman–Crippen LogP) is 8.25. The molecule has 0 saturated carbocycles. The number of benzene rings is 3. The summed E-state index contributed by atoms with van der Waals surface area (Å²) >= 11 is 3.65. The van der Waals surface area contributed by atoms with Crippen LogP contribution in [0.15, 0.2) is 64.7 Å². The van der Waals surface area contributed by atoms with E-state index in [0.29, 0.717) is 11.8 Å². The average molecular weight is 429 g/mol. The lowest BCUT2D eigenvalue weighted by molar-refractivity contribution is 0.283. The molecule has 2 atom stereocenters. The molecule has 0 nitrogen and oxygen atoms in total. The van der Waals surface area contributed by atoms with Crippen LogP contribution in [0.3, 0.4) is 0 Å². The molecular formula is C27H25Br. The van der Waals surface area contributed by atoms with Crippen molar-refractivity contribution in [1.82, 2.24) is 0 Å². The Bertz CT molecular complexity index is 1180. The van der Waals surface area contributed by atoms with E-state index in [2.05, 4.69) is 110 Å². The van der Waals surface area contributed by atoms with Gasteiger partial charge >= 0.3 is 0 Å². The van der Waals surface area contributed by atoms with Gasteiger partial charge in [-0.15, -0.1) is 0 Å². The lowest BCUT2D eigenvalue weighted by Gasteiger charge is -2.39. The molecule has 0 spiro atoms. The molecule has 0 heterocycles. The first-order valence-electron chi connectivity index (χ1n) is 10.1. The van der Waals surface area contributed by atoms with Gasteiger partial charge in [0, 0.05) is 16.3 Å². The van der Waals surface area contributed by atoms with Gasteiger partial charge in [-0.3, -0.25) is 0 Å². The fourth-order valence-corrected chi connectivity index (χ4v) is 6.03. The summed E-state index contributed by atoms with van der Waals surface area (Å²) in [4.78, 5) is 0.